The molecule has 0 fully saturated rings. The van der Waals surface area contributed by atoms with Crippen LogP contribution < -0.4 is 5.32 Å². The minimum Gasteiger partial charge on any atom is -0.480 e. The number of aromatic nitrogens is 1. The molecule has 1 aromatic heterocycles. The molecule has 0 amide bonds. The van der Waals surface area contributed by atoms with Gasteiger partial charge in [-0.05, 0) is 12.1 Å². The van der Waals surface area contributed by atoms with E-state index in [9.17, 15) is 4.79 Å². The molecule has 2 N–H and O–H groups in total. The molecule has 1 aliphatic rings. The summed E-state index contributed by atoms with van der Waals surface area (Å²) in [5, 5.41) is 11.7. The van der Waals surface area contributed by atoms with Crippen molar-refractivity contribution >= 4 is 5.97 Å². The first kappa shape index (κ1) is 10.2. The Morgan fingerprint density at radius 2 is 2.60 bits per heavy atom. The maximum absolute atomic E-state index is 10.3. The van der Waals surface area contributed by atoms with Gasteiger partial charge in [-0.15, -0.1) is 0 Å². The Kier molecular flexibility index (Phi) is 3.03. The fourth-order valence-corrected chi connectivity index (χ4v) is 1.82. The van der Waals surface area contributed by atoms with E-state index >= 15 is 0 Å². The van der Waals surface area contributed by atoms with E-state index in [4.69, 9.17) is 9.84 Å². The van der Waals surface area contributed by atoms with Gasteiger partial charge >= 0.3 is 5.97 Å². The molecule has 82 valence electrons. The fraction of sp³-hybridized carbons (Fsp3) is 0.500. The molecular formula is C10H14N2O3. The lowest BCUT2D eigenvalue weighted by atomic mass is 10.2. The van der Waals surface area contributed by atoms with Gasteiger partial charge in [-0.3, -0.25) is 0 Å². The molecule has 1 unspecified atom stereocenters. The first-order chi connectivity index (χ1) is 7.27. The van der Waals surface area contributed by atoms with E-state index in [-0.39, 0.29) is 12.6 Å². The molecule has 1 atom stereocenters. The van der Waals surface area contributed by atoms with Crippen molar-refractivity contribution in [2.45, 2.75) is 12.6 Å². The third kappa shape index (κ3) is 2.37. The minimum atomic E-state index is -0.929. The Labute approximate surface area is 87.7 Å². The summed E-state index contributed by atoms with van der Waals surface area (Å²) < 4.78 is 7.24. The summed E-state index contributed by atoms with van der Waals surface area (Å²) in [6.07, 6.45) is 2.03. The molecule has 2 rings (SSSR count). The van der Waals surface area contributed by atoms with E-state index in [1.165, 1.54) is 0 Å². The number of carboxylic acid groups (broad SMARTS) is 1. The van der Waals surface area contributed by atoms with E-state index in [0.29, 0.717) is 6.61 Å². The van der Waals surface area contributed by atoms with Crippen molar-refractivity contribution < 1.29 is 14.6 Å². The largest absolute Gasteiger partial charge is 0.480 e. The lowest BCUT2D eigenvalue weighted by Crippen LogP contribution is -2.35. The number of fused-ring (bicyclic) bond motifs is 1. The predicted octanol–water partition coefficient (Wildman–Crippen LogP) is 0.234. The van der Waals surface area contributed by atoms with Crippen molar-refractivity contribution in [3.8, 4) is 0 Å². The first-order valence-corrected chi connectivity index (χ1v) is 4.95. The lowest BCUT2D eigenvalue weighted by molar-refractivity contribution is -0.142. The highest BCUT2D eigenvalue weighted by Gasteiger charge is 2.19. The van der Waals surface area contributed by atoms with Crippen molar-refractivity contribution in [3.05, 3.63) is 24.0 Å². The second kappa shape index (κ2) is 4.46. The van der Waals surface area contributed by atoms with Crippen molar-refractivity contribution in [2.24, 2.45) is 0 Å². The van der Waals surface area contributed by atoms with E-state index in [1.807, 2.05) is 18.3 Å². The third-order valence-electron chi connectivity index (χ3n) is 2.48. The van der Waals surface area contributed by atoms with Crippen molar-refractivity contribution in [1.82, 2.24) is 9.88 Å². The molecule has 1 aromatic rings. The quantitative estimate of drug-likeness (QED) is 0.747. The van der Waals surface area contributed by atoms with Gasteiger partial charge in [0.1, 0.15) is 6.61 Å². The zero-order valence-corrected chi connectivity index (χ0v) is 8.35. The second-order valence-corrected chi connectivity index (χ2v) is 3.54. The minimum absolute atomic E-state index is 0.105. The maximum Gasteiger partial charge on any atom is 0.329 e. The van der Waals surface area contributed by atoms with Gasteiger partial charge < -0.3 is 19.7 Å². The number of aliphatic carboxylic acids is 1. The zero-order valence-electron chi connectivity index (χ0n) is 8.35. The normalized spacial score (nSPS) is 19.9. The average Bonchev–Trinajstić information content (AvgIpc) is 2.65. The summed E-state index contributed by atoms with van der Waals surface area (Å²) in [6, 6.07) is 4.13. The Morgan fingerprint density at radius 3 is 3.40 bits per heavy atom. The van der Waals surface area contributed by atoms with Crippen LogP contribution in [0.4, 0.5) is 0 Å². The molecule has 15 heavy (non-hydrogen) atoms. The summed E-state index contributed by atoms with van der Waals surface area (Å²) in [5.74, 6) is -0.929. The van der Waals surface area contributed by atoms with Crippen LogP contribution in [0.2, 0.25) is 0 Å². The van der Waals surface area contributed by atoms with E-state index in [2.05, 4.69) is 9.88 Å². The predicted molar refractivity (Wildman–Crippen MR) is 53.6 cm³/mol. The molecular weight excluding hydrogens is 196 g/mol. The number of hydrogen-bond donors (Lipinski definition) is 2. The molecule has 0 aromatic carbocycles. The van der Waals surface area contributed by atoms with E-state index in [1.54, 1.807) is 0 Å². The Hall–Kier alpha value is -1.33. The highest BCUT2D eigenvalue weighted by Crippen LogP contribution is 2.17. The zero-order chi connectivity index (χ0) is 10.7. The first-order valence-electron chi connectivity index (χ1n) is 4.95. The van der Waals surface area contributed by atoms with Gasteiger partial charge in [-0.25, -0.2) is 4.79 Å². The summed E-state index contributed by atoms with van der Waals surface area (Å²) in [4.78, 5) is 10.3. The number of nitrogens with zero attached hydrogens (tertiary/aromatic N) is 1. The molecule has 2 heterocycles. The third-order valence-corrected chi connectivity index (χ3v) is 2.48. The molecule has 5 heteroatoms. The summed E-state index contributed by atoms with van der Waals surface area (Å²) >= 11 is 0. The standard InChI is InChI=1S/C10H14N2O3/c13-10(14)7-15-6-8-9-2-1-4-12(9)5-3-11-8/h1-2,4,8,11H,3,5-7H2,(H,13,14). The molecule has 0 saturated heterocycles. The second-order valence-electron chi connectivity index (χ2n) is 3.54. The van der Waals surface area contributed by atoms with Gasteiger partial charge in [-0.1, -0.05) is 0 Å². The molecule has 0 radical (unpaired) electrons. The highest BCUT2D eigenvalue weighted by molar-refractivity contribution is 5.67. The maximum atomic E-state index is 10.3. The summed E-state index contributed by atoms with van der Waals surface area (Å²) in [6.45, 7) is 2.01. The molecule has 0 bridgehead atoms. The van der Waals surface area contributed by atoms with Crippen LogP contribution in [-0.4, -0.2) is 35.4 Å². The van der Waals surface area contributed by atoms with E-state index < -0.39 is 5.97 Å². The Bertz CT molecular complexity index is 348. The topological polar surface area (TPSA) is 63.5 Å². The number of carbonyl (C=O) groups is 1. The number of rotatable bonds is 4. The average molecular weight is 210 g/mol. The monoisotopic (exact) mass is 210 g/mol. The van der Waals surface area contributed by atoms with Crippen LogP contribution in [-0.2, 0) is 16.1 Å². The number of ether oxygens (including phenoxy) is 1. The van der Waals surface area contributed by atoms with Gasteiger partial charge in [0.2, 0.25) is 0 Å². The van der Waals surface area contributed by atoms with Crippen LogP contribution in [0.25, 0.3) is 0 Å². The van der Waals surface area contributed by atoms with Crippen LogP contribution in [0.1, 0.15) is 11.7 Å². The van der Waals surface area contributed by atoms with Crippen LogP contribution >= 0.6 is 0 Å². The van der Waals surface area contributed by atoms with Gasteiger partial charge in [0, 0.05) is 25.0 Å². The number of carboxylic acids is 1. The lowest BCUT2D eigenvalue weighted by Gasteiger charge is -2.25. The van der Waals surface area contributed by atoms with Crippen LogP contribution in [0.15, 0.2) is 18.3 Å². The molecule has 5 nitrogen and oxygen atoms in total. The molecule has 0 spiro atoms. The fourth-order valence-electron chi connectivity index (χ4n) is 1.82. The van der Waals surface area contributed by atoms with Gasteiger partial charge in [-0.2, -0.15) is 0 Å². The summed E-state index contributed by atoms with van der Waals surface area (Å²) in [5.41, 5.74) is 1.16. The van der Waals surface area contributed by atoms with Crippen LogP contribution in [0, 0.1) is 0 Å². The Balaban J connectivity index is 1.92. The smallest absolute Gasteiger partial charge is 0.329 e. The number of nitrogens with one attached hydrogen (secondary N) is 1. The van der Waals surface area contributed by atoms with Crippen LogP contribution in [0.5, 0.6) is 0 Å². The summed E-state index contributed by atoms with van der Waals surface area (Å²) in [7, 11) is 0. The van der Waals surface area contributed by atoms with Crippen molar-refractivity contribution in [1.29, 1.82) is 0 Å². The number of hydrogen-bond acceptors (Lipinski definition) is 3. The highest BCUT2D eigenvalue weighted by atomic mass is 16.5. The SMILES string of the molecule is O=C(O)COCC1NCCn2cccc21. The van der Waals surface area contributed by atoms with Crippen molar-refractivity contribution in [2.75, 3.05) is 19.8 Å². The van der Waals surface area contributed by atoms with E-state index in [0.717, 1.165) is 18.8 Å². The van der Waals surface area contributed by atoms with Gasteiger partial charge in [0.15, 0.2) is 0 Å². The van der Waals surface area contributed by atoms with Crippen LogP contribution in [0.3, 0.4) is 0 Å². The molecule has 0 saturated carbocycles. The molecule has 1 aliphatic heterocycles. The van der Waals surface area contributed by atoms with Crippen molar-refractivity contribution in [3.63, 3.8) is 0 Å². The van der Waals surface area contributed by atoms with Gasteiger partial charge in [0.05, 0.1) is 12.6 Å². The Morgan fingerprint density at radius 1 is 1.73 bits per heavy atom. The molecule has 0 aliphatic carbocycles. The van der Waals surface area contributed by atoms with Gasteiger partial charge in [0.25, 0.3) is 0 Å².